The summed E-state index contributed by atoms with van der Waals surface area (Å²) >= 11 is 3.38. The Labute approximate surface area is 128 Å². The lowest BCUT2D eigenvalue weighted by Gasteiger charge is -2.09. The second-order valence-corrected chi connectivity index (χ2v) is 5.35. The van der Waals surface area contributed by atoms with Gasteiger partial charge in [0.25, 0.3) is 0 Å². The summed E-state index contributed by atoms with van der Waals surface area (Å²) in [7, 11) is 1.57. The monoisotopic (exact) mass is 349 g/mol. The smallest absolute Gasteiger partial charge is 0.227 e. The molecule has 3 rings (SSSR count). The van der Waals surface area contributed by atoms with Crippen LogP contribution in [0.3, 0.4) is 0 Å². The minimum Gasteiger partial charge on any atom is -0.480 e. The molecule has 0 aliphatic carbocycles. The minimum atomic E-state index is 0.412. The molecule has 0 saturated heterocycles. The number of hydrogen-bond donors (Lipinski definition) is 1. The zero-order valence-corrected chi connectivity index (χ0v) is 13.0. The SMILES string of the molecule is COc1nc(Cc2c(C)nc3nonc3c2N)ccc1Br. The molecule has 0 atom stereocenters. The summed E-state index contributed by atoms with van der Waals surface area (Å²) in [4.78, 5) is 8.76. The molecule has 0 radical (unpaired) electrons. The van der Waals surface area contributed by atoms with E-state index in [1.807, 2.05) is 19.1 Å². The van der Waals surface area contributed by atoms with Crippen molar-refractivity contribution in [2.75, 3.05) is 12.8 Å². The normalized spacial score (nSPS) is 11.0. The van der Waals surface area contributed by atoms with Crippen LogP contribution in [0.2, 0.25) is 0 Å². The molecular weight excluding hydrogens is 338 g/mol. The van der Waals surface area contributed by atoms with Crippen LogP contribution in [0.1, 0.15) is 17.0 Å². The molecule has 8 heteroatoms. The standard InChI is InChI=1S/C13H12BrN5O2/c1-6-8(10(15)11-12(16-6)19-21-18-11)5-7-3-4-9(14)13(17-7)20-2/h3-4H,5,15H2,1-2H3. The van der Waals surface area contributed by atoms with Crippen molar-refractivity contribution >= 4 is 32.8 Å². The Kier molecular flexibility index (Phi) is 3.46. The van der Waals surface area contributed by atoms with E-state index in [0.717, 1.165) is 21.4 Å². The highest BCUT2D eigenvalue weighted by atomic mass is 79.9. The van der Waals surface area contributed by atoms with E-state index < -0.39 is 0 Å². The third-order valence-corrected chi connectivity index (χ3v) is 3.79. The molecule has 0 saturated carbocycles. The fourth-order valence-corrected chi connectivity index (χ4v) is 2.48. The van der Waals surface area contributed by atoms with Gasteiger partial charge in [0.15, 0.2) is 5.52 Å². The largest absolute Gasteiger partial charge is 0.480 e. The van der Waals surface area contributed by atoms with Gasteiger partial charge in [-0.2, -0.15) is 0 Å². The highest BCUT2D eigenvalue weighted by Crippen LogP contribution is 2.27. The molecule has 0 bridgehead atoms. The molecule has 0 aromatic carbocycles. The molecule has 0 fully saturated rings. The lowest BCUT2D eigenvalue weighted by atomic mass is 10.1. The first-order valence-corrected chi connectivity index (χ1v) is 6.96. The Morgan fingerprint density at radius 1 is 1.29 bits per heavy atom. The average Bonchev–Trinajstić information content (AvgIpc) is 2.93. The predicted octanol–water partition coefficient (Wildman–Crippen LogP) is 2.27. The van der Waals surface area contributed by atoms with Gasteiger partial charge in [-0.15, -0.1) is 0 Å². The maximum atomic E-state index is 6.14. The van der Waals surface area contributed by atoms with Crippen LogP contribution in [0.15, 0.2) is 21.2 Å². The number of methoxy groups -OCH3 is 1. The molecule has 7 nitrogen and oxygen atoms in total. The number of halogens is 1. The first-order valence-electron chi connectivity index (χ1n) is 6.16. The van der Waals surface area contributed by atoms with Crippen LogP contribution in [0.25, 0.3) is 11.2 Å². The third kappa shape index (κ3) is 2.42. The molecule has 3 aromatic rings. The molecule has 0 aliphatic rings. The molecule has 0 spiro atoms. The predicted molar refractivity (Wildman–Crippen MR) is 80.0 cm³/mol. The molecule has 2 N–H and O–H groups in total. The van der Waals surface area contributed by atoms with Crippen molar-refractivity contribution in [1.82, 2.24) is 20.3 Å². The van der Waals surface area contributed by atoms with Gasteiger partial charge in [0.1, 0.15) is 0 Å². The van der Waals surface area contributed by atoms with Crippen LogP contribution in [0, 0.1) is 6.92 Å². The first-order chi connectivity index (χ1) is 10.1. The van der Waals surface area contributed by atoms with Crippen molar-refractivity contribution < 1.29 is 9.37 Å². The number of anilines is 1. The lowest BCUT2D eigenvalue weighted by Crippen LogP contribution is -2.04. The second-order valence-electron chi connectivity index (χ2n) is 4.50. The average molecular weight is 350 g/mol. The van der Waals surface area contributed by atoms with E-state index in [9.17, 15) is 0 Å². The summed E-state index contributed by atoms with van der Waals surface area (Å²) in [5, 5.41) is 7.49. The van der Waals surface area contributed by atoms with Crippen molar-refractivity contribution in [2.45, 2.75) is 13.3 Å². The Morgan fingerprint density at radius 3 is 2.86 bits per heavy atom. The van der Waals surface area contributed by atoms with Crippen LogP contribution in [0.4, 0.5) is 5.69 Å². The molecule has 0 unspecified atom stereocenters. The number of aromatic nitrogens is 4. The van der Waals surface area contributed by atoms with Crippen molar-refractivity contribution in [3.8, 4) is 5.88 Å². The quantitative estimate of drug-likeness (QED) is 0.773. The Balaban J connectivity index is 2.05. The second kappa shape index (κ2) is 5.28. The van der Waals surface area contributed by atoms with E-state index in [2.05, 4.69) is 40.8 Å². The van der Waals surface area contributed by atoms with E-state index in [-0.39, 0.29) is 0 Å². The highest BCUT2D eigenvalue weighted by molar-refractivity contribution is 9.10. The van der Waals surface area contributed by atoms with Gasteiger partial charge in [-0.3, -0.25) is 0 Å². The fraction of sp³-hybridized carbons (Fsp3) is 0.231. The zero-order valence-electron chi connectivity index (χ0n) is 11.4. The number of nitrogens with two attached hydrogens (primary N) is 1. The first kappa shape index (κ1) is 13.7. The van der Waals surface area contributed by atoms with E-state index in [4.69, 9.17) is 10.5 Å². The molecule has 108 valence electrons. The van der Waals surface area contributed by atoms with Gasteiger partial charge in [-0.25, -0.2) is 14.6 Å². The van der Waals surface area contributed by atoms with Gasteiger partial charge >= 0.3 is 0 Å². The Morgan fingerprint density at radius 2 is 2.10 bits per heavy atom. The van der Waals surface area contributed by atoms with Crippen LogP contribution in [-0.2, 0) is 6.42 Å². The molecule has 0 aliphatic heterocycles. The number of rotatable bonds is 3. The Bertz CT molecular complexity index is 818. The van der Waals surface area contributed by atoms with Crippen LogP contribution >= 0.6 is 15.9 Å². The van der Waals surface area contributed by atoms with Gasteiger partial charge in [0.2, 0.25) is 11.5 Å². The number of nitrogens with zero attached hydrogens (tertiary/aromatic N) is 4. The Hall–Kier alpha value is -2.22. The van der Waals surface area contributed by atoms with Crippen molar-refractivity contribution in [3.63, 3.8) is 0 Å². The summed E-state index contributed by atoms with van der Waals surface area (Å²) in [5.41, 5.74) is 10.00. The van der Waals surface area contributed by atoms with E-state index in [0.29, 0.717) is 29.2 Å². The van der Waals surface area contributed by atoms with Gasteiger partial charge in [-0.1, -0.05) is 0 Å². The number of nitrogen functional groups attached to an aromatic ring is 1. The summed E-state index contributed by atoms with van der Waals surface area (Å²) in [6, 6.07) is 3.78. The molecule has 3 aromatic heterocycles. The van der Waals surface area contributed by atoms with Gasteiger partial charge in [0.05, 0.1) is 17.3 Å². The maximum Gasteiger partial charge on any atom is 0.227 e. The van der Waals surface area contributed by atoms with Crippen LogP contribution in [-0.4, -0.2) is 27.4 Å². The highest BCUT2D eigenvalue weighted by Gasteiger charge is 2.15. The van der Waals surface area contributed by atoms with Gasteiger partial charge < -0.3 is 10.5 Å². The number of hydrogen-bond acceptors (Lipinski definition) is 7. The van der Waals surface area contributed by atoms with E-state index >= 15 is 0 Å². The number of pyridine rings is 2. The van der Waals surface area contributed by atoms with E-state index in [1.165, 1.54) is 0 Å². The number of fused-ring (bicyclic) bond motifs is 1. The minimum absolute atomic E-state index is 0.412. The molecule has 21 heavy (non-hydrogen) atoms. The summed E-state index contributed by atoms with van der Waals surface area (Å²) in [6.45, 7) is 1.87. The van der Waals surface area contributed by atoms with Crippen molar-refractivity contribution in [2.24, 2.45) is 0 Å². The summed E-state index contributed by atoms with van der Waals surface area (Å²) in [6.07, 6.45) is 0.525. The number of aryl methyl sites for hydroxylation is 1. The third-order valence-electron chi connectivity index (χ3n) is 3.18. The van der Waals surface area contributed by atoms with Crippen LogP contribution in [0.5, 0.6) is 5.88 Å². The summed E-state index contributed by atoms with van der Waals surface area (Å²) in [5.74, 6) is 0.529. The topological polar surface area (TPSA) is 100.0 Å². The molecule has 0 amide bonds. The van der Waals surface area contributed by atoms with Crippen molar-refractivity contribution in [1.29, 1.82) is 0 Å². The molecular formula is C13H12BrN5O2. The number of ether oxygens (including phenoxy) is 1. The zero-order chi connectivity index (χ0) is 15.0. The van der Waals surface area contributed by atoms with Crippen LogP contribution < -0.4 is 10.5 Å². The maximum absolute atomic E-state index is 6.14. The molecule has 3 heterocycles. The van der Waals surface area contributed by atoms with E-state index in [1.54, 1.807) is 7.11 Å². The fourth-order valence-electron chi connectivity index (χ4n) is 2.10. The summed E-state index contributed by atoms with van der Waals surface area (Å²) < 4.78 is 10.7. The van der Waals surface area contributed by atoms with Crippen molar-refractivity contribution in [3.05, 3.63) is 33.6 Å². The van der Waals surface area contributed by atoms with Gasteiger partial charge in [-0.05, 0) is 45.3 Å². The van der Waals surface area contributed by atoms with Gasteiger partial charge in [0, 0.05) is 23.4 Å². The lowest BCUT2D eigenvalue weighted by molar-refractivity contribution is 0.315.